The summed E-state index contributed by atoms with van der Waals surface area (Å²) in [6.45, 7) is 5.56. The Morgan fingerprint density at radius 2 is 1.86 bits per heavy atom. The van der Waals surface area contributed by atoms with E-state index in [0.717, 1.165) is 37.3 Å². The molecule has 7 heteroatoms. The topological polar surface area (TPSA) is 54.0 Å². The van der Waals surface area contributed by atoms with E-state index in [1.165, 1.54) is 5.69 Å². The zero-order valence-corrected chi connectivity index (χ0v) is 17.4. The van der Waals surface area contributed by atoms with Crippen LogP contribution >= 0.6 is 11.6 Å². The van der Waals surface area contributed by atoms with E-state index in [2.05, 4.69) is 40.4 Å². The summed E-state index contributed by atoms with van der Waals surface area (Å²) in [5, 5.41) is 3.52. The number of nitrogens with zero attached hydrogens (tertiary/aromatic N) is 2. The van der Waals surface area contributed by atoms with E-state index < -0.39 is 0 Å². The fourth-order valence-corrected chi connectivity index (χ4v) is 4.01. The number of amides is 1. The second kappa shape index (κ2) is 8.93. The van der Waals surface area contributed by atoms with Crippen molar-refractivity contribution < 1.29 is 14.3 Å². The number of nitrogens with one attached hydrogen (secondary N) is 1. The molecule has 6 nitrogen and oxygen atoms in total. The molecule has 2 heterocycles. The molecule has 1 N–H and O–H groups in total. The molecule has 1 saturated heterocycles. The van der Waals surface area contributed by atoms with Gasteiger partial charge in [-0.25, -0.2) is 0 Å². The Bertz CT molecular complexity index is 882. The molecular formula is C22H26ClN3O3. The van der Waals surface area contributed by atoms with E-state index in [0.29, 0.717) is 36.3 Å². The number of anilines is 1. The van der Waals surface area contributed by atoms with Crippen molar-refractivity contribution in [3.63, 3.8) is 0 Å². The molecule has 0 unspecified atom stereocenters. The van der Waals surface area contributed by atoms with Gasteiger partial charge >= 0.3 is 0 Å². The van der Waals surface area contributed by atoms with Crippen molar-refractivity contribution in [1.82, 2.24) is 10.2 Å². The molecule has 0 radical (unpaired) electrons. The maximum Gasteiger partial charge on any atom is 0.224 e. The Hall–Kier alpha value is -2.44. The van der Waals surface area contributed by atoms with Crippen LogP contribution in [-0.4, -0.2) is 57.2 Å². The van der Waals surface area contributed by atoms with Crippen molar-refractivity contribution in [3.05, 3.63) is 52.5 Å². The molecule has 0 bridgehead atoms. The number of fused-ring (bicyclic) bond motifs is 1. The van der Waals surface area contributed by atoms with E-state index in [1.54, 1.807) is 6.07 Å². The third-order valence-corrected chi connectivity index (χ3v) is 5.61. The maximum atomic E-state index is 12.5. The number of benzene rings is 2. The van der Waals surface area contributed by atoms with Crippen molar-refractivity contribution in [1.29, 1.82) is 0 Å². The fourth-order valence-electron chi connectivity index (χ4n) is 3.72. The van der Waals surface area contributed by atoms with Crippen molar-refractivity contribution in [3.8, 4) is 11.5 Å². The van der Waals surface area contributed by atoms with Gasteiger partial charge in [0, 0.05) is 38.4 Å². The van der Waals surface area contributed by atoms with Gasteiger partial charge in [0.2, 0.25) is 5.91 Å². The first-order valence-electron chi connectivity index (χ1n) is 9.96. The quantitative estimate of drug-likeness (QED) is 0.813. The summed E-state index contributed by atoms with van der Waals surface area (Å²) in [6.07, 6.45) is 0.243. The van der Waals surface area contributed by atoms with Crippen molar-refractivity contribution in [2.75, 3.05) is 51.3 Å². The molecule has 154 valence electrons. The molecule has 0 aliphatic carbocycles. The van der Waals surface area contributed by atoms with Crippen LogP contribution in [0.2, 0.25) is 5.02 Å². The number of rotatable bonds is 5. The lowest BCUT2D eigenvalue weighted by Crippen LogP contribution is -2.45. The second-order valence-corrected chi connectivity index (χ2v) is 7.88. The molecule has 1 amide bonds. The summed E-state index contributed by atoms with van der Waals surface area (Å²) < 4.78 is 11.1. The minimum atomic E-state index is -0.0501. The largest absolute Gasteiger partial charge is 0.486 e. The highest BCUT2D eigenvalue weighted by atomic mass is 35.5. The highest BCUT2D eigenvalue weighted by Gasteiger charge is 2.19. The van der Waals surface area contributed by atoms with Gasteiger partial charge in [0.25, 0.3) is 0 Å². The highest BCUT2D eigenvalue weighted by Crippen LogP contribution is 2.38. The van der Waals surface area contributed by atoms with Crippen LogP contribution in [0.4, 0.5) is 5.69 Å². The molecule has 2 aliphatic rings. The Morgan fingerprint density at radius 3 is 2.69 bits per heavy atom. The van der Waals surface area contributed by atoms with Crippen LogP contribution in [0.5, 0.6) is 11.5 Å². The number of halogens is 1. The van der Waals surface area contributed by atoms with Gasteiger partial charge in [-0.2, -0.15) is 0 Å². The van der Waals surface area contributed by atoms with E-state index in [4.69, 9.17) is 21.1 Å². The van der Waals surface area contributed by atoms with Crippen LogP contribution in [0.25, 0.3) is 0 Å². The van der Waals surface area contributed by atoms with E-state index in [9.17, 15) is 4.79 Å². The number of piperazine rings is 1. The van der Waals surface area contributed by atoms with Crippen LogP contribution in [0.3, 0.4) is 0 Å². The molecule has 2 aliphatic heterocycles. The van der Waals surface area contributed by atoms with Crippen LogP contribution in [0.1, 0.15) is 11.1 Å². The van der Waals surface area contributed by atoms with Gasteiger partial charge in [-0.3, -0.25) is 4.79 Å². The van der Waals surface area contributed by atoms with E-state index in [-0.39, 0.29) is 12.3 Å². The third kappa shape index (κ3) is 4.77. The zero-order chi connectivity index (χ0) is 20.2. The summed E-state index contributed by atoms with van der Waals surface area (Å²) in [5.74, 6) is 1.11. The Labute approximate surface area is 176 Å². The van der Waals surface area contributed by atoms with Gasteiger partial charge in [0.05, 0.1) is 11.4 Å². The average molecular weight is 416 g/mol. The lowest BCUT2D eigenvalue weighted by Gasteiger charge is -2.35. The number of carbonyl (C=O) groups excluding carboxylic acids is 1. The van der Waals surface area contributed by atoms with Gasteiger partial charge in [-0.1, -0.05) is 29.8 Å². The second-order valence-electron chi connectivity index (χ2n) is 7.47. The first kappa shape index (κ1) is 19.9. The number of hydrogen-bond donors (Lipinski definition) is 1. The van der Waals surface area contributed by atoms with Crippen molar-refractivity contribution in [2.24, 2.45) is 0 Å². The van der Waals surface area contributed by atoms with Crippen LogP contribution < -0.4 is 19.7 Å². The molecule has 0 saturated carbocycles. The van der Waals surface area contributed by atoms with Crippen LogP contribution in [-0.2, 0) is 17.8 Å². The summed E-state index contributed by atoms with van der Waals surface area (Å²) >= 11 is 6.28. The molecule has 29 heavy (non-hydrogen) atoms. The predicted molar refractivity (Wildman–Crippen MR) is 114 cm³/mol. The van der Waals surface area contributed by atoms with Gasteiger partial charge in [-0.15, -0.1) is 0 Å². The van der Waals surface area contributed by atoms with Gasteiger partial charge in [0.15, 0.2) is 11.5 Å². The Kier molecular flexibility index (Phi) is 6.11. The van der Waals surface area contributed by atoms with E-state index >= 15 is 0 Å². The molecule has 4 rings (SSSR count). The van der Waals surface area contributed by atoms with Gasteiger partial charge < -0.3 is 24.6 Å². The lowest BCUT2D eigenvalue weighted by molar-refractivity contribution is -0.120. The monoisotopic (exact) mass is 415 g/mol. The number of carbonyl (C=O) groups is 1. The first-order valence-corrected chi connectivity index (χ1v) is 10.3. The summed E-state index contributed by atoms with van der Waals surface area (Å²) in [6, 6.07) is 11.9. The maximum absolute atomic E-state index is 12.5. The summed E-state index contributed by atoms with van der Waals surface area (Å²) in [4.78, 5) is 17.3. The standard InChI is InChI=1S/C22H26ClN3O3/c1-25-6-8-26(9-7-25)19-5-3-2-4-17(19)15-24-21(27)14-16-12-18(23)22-20(13-16)28-10-11-29-22/h2-5,12-13H,6-11,14-15H2,1H3,(H,24,27). The van der Waals surface area contributed by atoms with Crippen LogP contribution in [0, 0.1) is 0 Å². The van der Waals surface area contributed by atoms with Crippen LogP contribution in [0.15, 0.2) is 36.4 Å². The lowest BCUT2D eigenvalue weighted by atomic mass is 10.1. The molecule has 0 spiro atoms. The summed E-state index contributed by atoms with van der Waals surface area (Å²) in [7, 11) is 2.15. The van der Waals surface area contributed by atoms with Gasteiger partial charge in [-0.05, 0) is 36.4 Å². The number of hydrogen-bond acceptors (Lipinski definition) is 5. The minimum absolute atomic E-state index is 0.0501. The van der Waals surface area contributed by atoms with Crippen molar-refractivity contribution >= 4 is 23.2 Å². The molecule has 2 aromatic carbocycles. The summed E-state index contributed by atoms with van der Waals surface area (Å²) in [5.41, 5.74) is 3.14. The van der Waals surface area contributed by atoms with Crippen molar-refractivity contribution in [2.45, 2.75) is 13.0 Å². The normalized spacial score (nSPS) is 16.6. The first-order chi connectivity index (χ1) is 14.1. The molecule has 2 aromatic rings. The molecule has 0 atom stereocenters. The number of para-hydroxylation sites is 1. The Balaban J connectivity index is 1.39. The van der Waals surface area contributed by atoms with E-state index in [1.807, 2.05) is 12.1 Å². The average Bonchev–Trinajstić information content (AvgIpc) is 2.73. The number of ether oxygens (including phenoxy) is 2. The predicted octanol–water partition coefficient (Wildman–Crippen LogP) is 2.72. The fraction of sp³-hybridized carbons (Fsp3) is 0.409. The Morgan fingerprint density at radius 1 is 1.10 bits per heavy atom. The smallest absolute Gasteiger partial charge is 0.224 e. The third-order valence-electron chi connectivity index (χ3n) is 5.33. The number of likely N-dealkylation sites (N-methyl/N-ethyl adjacent to an activating group) is 1. The molecular weight excluding hydrogens is 390 g/mol. The molecule has 0 aromatic heterocycles. The zero-order valence-electron chi connectivity index (χ0n) is 16.6. The van der Waals surface area contributed by atoms with Gasteiger partial charge in [0.1, 0.15) is 13.2 Å². The molecule has 1 fully saturated rings. The highest BCUT2D eigenvalue weighted by molar-refractivity contribution is 6.32. The SMILES string of the molecule is CN1CCN(c2ccccc2CNC(=O)Cc2cc(Cl)c3c(c2)OCCO3)CC1. The minimum Gasteiger partial charge on any atom is -0.486 e.